The first kappa shape index (κ1) is 10.1. The second-order valence-corrected chi connectivity index (χ2v) is 3.63. The van der Waals surface area contributed by atoms with E-state index >= 15 is 0 Å². The Morgan fingerprint density at radius 1 is 1.40 bits per heavy atom. The number of aromatic nitrogens is 3. The van der Waals surface area contributed by atoms with Crippen LogP contribution >= 0.6 is 0 Å². The van der Waals surface area contributed by atoms with E-state index in [1.807, 2.05) is 19.3 Å². The van der Waals surface area contributed by atoms with Crippen LogP contribution in [-0.4, -0.2) is 21.1 Å². The second-order valence-electron chi connectivity index (χ2n) is 3.63. The van der Waals surface area contributed by atoms with Gasteiger partial charge < -0.3 is 4.57 Å². The van der Waals surface area contributed by atoms with Crippen molar-refractivity contribution in [1.82, 2.24) is 20.3 Å². The van der Waals surface area contributed by atoms with E-state index in [4.69, 9.17) is 5.73 Å². The summed E-state index contributed by atoms with van der Waals surface area (Å²) in [6, 6.07) is 1.92. The summed E-state index contributed by atoms with van der Waals surface area (Å²) < 4.78 is 2.07. The fourth-order valence-electron chi connectivity index (χ4n) is 1.70. The number of pyridine rings is 1. The highest BCUT2D eigenvalue weighted by atomic mass is 15.1. The molecular formula is C11H14N4. The predicted octanol–water partition coefficient (Wildman–Crippen LogP) is 1.36. The predicted molar refractivity (Wildman–Crippen MR) is 58.4 cm³/mol. The van der Waals surface area contributed by atoms with Gasteiger partial charge in [0.1, 0.15) is 5.82 Å². The van der Waals surface area contributed by atoms with Crippen LogP contribution in [0.5, 0.6) is 0 Å². The number of hydrogen-bond acceptors (Lipinski definition) is 2. The monoisotopic (exact) mass is 202 g/mol. The summed E-state index contributed by atoms with van der Waals surface area (Å²) in [7, 11) is 2.01. The Labute approximate surface area is 89.1 Å². The van der Waals surface area contributed by atoms with Crippen molar-refractivity contribution in [3.8, 4) is 0 Å². The maximum atomic E-state index is 8.72. The molecule has 4 heteroatoms. The maximum absolute atomic E-state index is 8.72. The van der Waals surface area contributed by atoms with E-state index in [0.29, 0.717) is 0 Å². The molecule has 0 N–H and O–H groups in total. The molecule has 0 atom stereocenters. The number of unbranched alkanes of at least 4 members (excludes halogenated alkanes) is 1. The van der Waals surface area contributed by atoms with E-state index in [9.17, 15) is 0 Å². The summed E-state index contributed by atoms with van der Waals surface area (Å²) in [6.45, 7) is 0.255. The first-order valence-electron chi connectivity index (χ1n) is 5.19. The van der Waals surface area contributed by atoms with Gasteiger partial charge in [-0.05, 0) is 18.9 Å². The molecular weight excluding hydrogens is 188 g/mol. The fraction of sp³-hybridized carbons (Fsp3) is 0.455. The topological polar surface area (TPSA) is 53.0 Å². The van der Waals surface area contributed by atoms with Crippen LogP contribution in [0.1, 0.15) is 18.7 Å². The second kappa shape index (κ2) is 4.40. The number of hydrogen-bond donors (Lipinski definition) is 0. The lowest BCUT2D eigenvalue weighted by molar-refractivity contribution is 0.688. The minimum absolute atomic E-state index is 0.255. The van der Waals surface area contributed by atoms with Gasteiger partial charge in [0.05, 0.1) is 17.2 Å². The van der Waals surface area contributed by atoms with Gasteiger partial charge in [-0.2, -0.15) is 0 Å². The third kappa shape index (κ3) is 1.99. The van der Waals surface area contributed by atoms with E-state index in [-0.39, 0.29) is 6.54 Å². The van der Waals surface area contributed by atoms with Crippen LogP contribution in [0.15, 0.2) is 18.5 Å². The molecule has 2 aromatic heterocycles. The van der Waals surface area contributed by atoms with Crippen LogP contribution < -0.4 is 5.73 Å². The van der Waals surface area contributed by atoms with Crippen molar-refractivity contribution >= 4 is 11.0 Å². The van der Waals surface area contributed by atoms with Gasteiger partial charge in [-0.25, -0.2) is 4.98 Å². The van der Waals surface area contributed by atoms with Crippen LogP contribution in [0.4, 0.5) is 0 Å². The Hall–Kier alpha value is -1.42. The van der Waals surface area contributed by atoms with E-state index in [0.717, 1.165) is 36.1 Å². The molecule has 15 heavy (non-hydrogen) atoms. The zero-order chi connectivity index (χ0) is 10.7. The normalized spacial score (nSPS) is 11.1. The van der Waals surface area contributed by atoms with Crippen molar-refractivity contribution in [3.05, 3.63) is 24.3 Å². The van der Waals surface area contributed by atoms with Crippen molar-refractivity contribution < 1.29 is 0 Å². The molecule has 4 nitrogen and oxygen atoms in total. The highest BCUT2D eigenvalue weighted by Gasteiger charge is 2.06. The molecule has 0 aliphatic carbocycles. The molecule has 2 rings (SSSR count). The number of aryl methyl sites for hydroxylation is 2. The highest BCUT2D eigenvalue weighted by molar-refractivity contribution is 5.74. The average molecular weight is 202 g/mol. The third-order valence-electron chi connectivity index (χ3n) is 2.58. The van der Waals surface area contributed by atoms with Gasteiger partial charge >= 0.3 is 0 Å². The largest absolute Gasteiger partial charge is 0.330 e. The van der Waals surface area contributed by atoms with Gasteiger partial charge in [-0.3, -0.25) is 4.98 Å². The molecule has 0 saturated heterocycles. The van der Waals surface area contributed by atoms with Crippen molar-refractivity contribution in [2.75, 3.05) is 6.54 Å². The zero-order valence-electron chi connectivity index (χ0n) is 8.85. The van der Waals surface area contributed by atoms with Gasteiger partial charge in [0.25, 0.3) is 0 Å². The molecule has 0 aliphatic rings. The third-order valence-corrected chi connectivity index (χ3v) is 2.58. The molecule has 2 aromatic rings. The molecule has 0 aromatic carbocycles. The summed E-state index contributed by atoms with van der Waals surface area (Å²) >= 11 is 0. The average Bonchev–Trinajstić information content (AvgIpc) is 2.57. The zero-order valence-corrected chi connectivity index (χ0v) is 8.85. The van der Waals surface area contributed by atoms with E-state index in [1.165, 1.54) is 0 Å². The molecule has 2 radical (unpaired) electrons. The van der Waals surface area contributed by atoms with Crippen molar-refractivity contribution in [3.63, 3.8) is 0 Å². The van der Waals surface area contributed by atoms with Crippen LogP contribution in [0.25, 0.3) is 11.0 Å². The van der Waals surface area contributed by atoms with E-state index in [2.05, 4.69) is 14.5 Å². The summed E-state index contributed by atoms with van der Waals surface area (Å²) in [4.78, 5) is 8.61. The number of nitrogens with zero attached hydrogens (tertiary/aromatic N) is 4. The Bertz CT molecular complexity index is 447. The maximum Gasteiger partial charge on any atom is 0.109 e. The summed E-state index contributed by atoms with van der Waals surface area (Å²) in [5, 5.41) is 0. The molecule has 2 heterocycles. The Balaban J connectivity index is 2.24. The summed E-state index contributed by atoms with van der Waals surface area (Å²) in [5.41, 5.74) is 10.8. The van der Waals surface area contributed by atoms with Crippen LogP contribution in [-0.2, 0) is 13.5 Å². The first-order chi connectivity index (χ1) is 7.33. The lowest BCUT2D eigenvalue weighted by Crippen LogP contribution is -1.99. The molecule has 0 saturated carbocycles. The summed E-state index contributed by atoms with van der Waals surface area (Å²) in [5.74, 6) is 1.06. The van der Waals surface area contributed by atoms with Crippen LogP contribution in [0.2, 0.25) is 0 Å². The van der Waals surface area contributed by atoms with Gasteiger partial charge in [0, 0.05) is 26.2 Å². The van der Waals surface area contributed by atoms with Gasteiger partial charge in [-0.1, -0.05) is 0 Å². The van der Waals surface area contributed by atoms with E-state index in [1.54, 1.807) is 6.20 Å². The van der Waals surface area contributed by atoms with Gasteiger partial charge in [0.2, 0.25) is 0 Å². The standard InChI is InChI=1S/C11H14N4/c1-15-10-8-13-7-5-9(10)14-11(15)4-2-3-6-12/h5,7-8H,2-4,6H2,1H3. The van der Waals surface area contributed by atoms with Crippen molar-refractivity contribution in [2.24, 2.45) is 7.05 Å². The highest BCUT2D eigenvalue weighted by Crippen LogP contribution is 2.14. The smallest absolute Gasteiger partial charge is 0.109 e. The number of fused-ring (bicyclic) bond motifs is 1. The molecule has 0 aliphatic heterocycles. The molecule has 0 spiro atoms. The lowest BCUT2D eigenvalue weighted by Gasteiger charge is -2.00. The molecule has 0 bridgehead atoms. The Kier molecular flexibility index (Phi) is 2.97. The Morgan fingerprint density at radius 3 is 3.00 bits per heavy atom. The lowest BCUT2D eigenvalue weighted by atomic mass is 10.2. The molecule has 0 fully saturated rings. The quantitative estimate of drug-likeness (QED) is 0.703. The molecule has 0 amide bonds. The van der Waals surface area contributed by atoms with Crippen molar-refractivity contribution in [1.29, 1.82) is 0 Å². The molecule has 0 unspecified atom stereocenters. The summed E-state index contributed by atoms with van der Waals surface area (Å²) in [6.07, 6.45) is 6.30. The SMILES string of the molecule is Cn1c(CCCC[N])nc2ccncc21. The molecule has 78 valence electrons. The first-order valence-corrected chi connectivity index (χ1v) is 5.19. The van der Waals surface area contributed by atoms with Crippen LogP contribution in [0.3, 0.4) is 0 Å². The fourth-order valence-corrected chi connectivity index (χ4v) is 1.70. The van der Waals surface area contributed by atoms with E-state index < -0.39 is 0 Å². The number of imidazole rings is 1. The van der Waals surface area contributed by atoms with Crippen LogP contribution in [0, 0.1) is 0 Å². The minimum Gasteiger partial charge on any atom is -0.330 e. The number of rotatable bonds is 4. The minimum atomic E-state index is 0.255. The Morgan fingerprint density at radius 2 is 2.27 bits per heavy atom. The van der Waals surface area contributed by atoms with Gasteiger partial charge in [0.15, 0.2) is 0 Å². The van der Waals surface area contributed by atoms with Gasteiger partial charge in [-0.15, -0.1) is 5.73 Å². The van der Waals surface area contributed by atoms with Crippen molar-refractivity contribution in [2.45, 2.75) is 19.3 Å².